The zero-order valence-electron chi connectivity index (χ0n) is 22.9. The van der Waals surface area contributed by atoms with E-state index in [9.17, 15) is 23.1 Å². The number of thiocarbonyl (C=S) groups is 1. The molecule has 0 saturated carbocycles. The van der Waals surface area contributed by atoms with Gasteiger partial charge >= 0.3 is 6.36 Å². The summed E-state index contributed by atoms with van der Waals surface area (Å²) in [5.74, 6) is -1.10. The van der Waals surface area contributed by atoms with Crippen molar-refractivity contribution in [3.05, 3.63) is 59.8 Å². The summed E-state index contributed by atoms with van der Waals surface area (Å²) in [6.45, 7) is 8.75. The van der Waals surface area contributed by atoms with Crippen LogP contribution in [-0.2, 0) is 19.0 Å². The molecule has 3 aliphatic rings. The predicted octanol–water partition coefficient (Wildman–Crippen LogP) is 3.97. The van der Waals surface area contributed by atoms with Gasteiger partial charge in [-0.15, -0.1) is 13.2 Å². The number of aliphatic hydroxyl groups excluding tert-OH is 1. The maximum absolute atomic E-state index is 13.6. The topological polar surface area (TPSA) is 117 Å². The van der Waals surface area contributed by atoms with E-state index in [1.54, 1.807) is 13.8 Å². The van der Waals surface area contributed by atoms with Crippen molar-refractivity contribution in [1.82, 2.24) is 10.7 Å². The minimum Gasteiger partial charge on any atom is -0.406 e. The highest BCUT2D eigenvalue weighted by molar-refractivity contribution is 7.80. The molecule has 2 aliphatic heterocycles. The fourth-order valence-electron chi connectivity index (χ4n) is 4.47. The number of allylic oxidation sites excluding steroid dienone is 5. The third kappa shape index (κ3) is 7.92. The highest BCUT2D eigenvalue weighted by atomic mass is 32.1. The fraction of sp³-hybridized carbons (Fsp3) is 0.444. The highest BCUT2D eigenvalue weighted by Gasteiger charge is 2.51. The Morgan fingerprint density at radius 1 is 1.24 bits per heavy atom. The number of anilines is 1. The number of aliphatic hydroxyl groups is 1. The van der Waals surface area contributed by atoms with Crippen molar-refractivity contribution in [2.45, 2.75) is 72.0 Å². The Morgan fingerprint density at radius 2 is 1.98 bits per heavy atom. The van der Waals surface area contributed by atoms with Crippen molar-refractivity contribution in [3.8, 4) is 5.75 Å². The van der Waals surface area contributed by atoms with E-state index in [1.165, 1.54) is 17.9 Å². The Balaban J connectivity index is 1.55. The molecule has 0 bridgehead atoms. The molecule has 1 saturated heterocycles. The molecule has 0 spiro atoms. The van der Waals surface area contributed by atoms with Crippen LogP contribution in [0, 0.1) is 5.41 Å². The summed E-state index contributed by atoms with van der Waals surface area (Å²) in [7, 11) is 0. The van der Waals surface area contributed by atoms with E-state index in [2.05, 4.69) is 20.6 Å². The van der Waals surface area contributed by atoms with Crippen molar-refractivity contribution in [3.63, 3.8) is 0 Å². The molecule has 41 heavy (non-hydrogen) atoms. The van der Waals surface area contributed by atoms with Crippen LogP contribution in [0.25, 0.3) is 0 Å². The molecule has 1 aromatic carbocycles. The normalized spacial score (nSPS) is 24.3. The molecule has 2 heterocycles. The van der Waals surface area contributed by atoms with Gasteiger partial charge in [0.15, 0.2) is 29.7 Å². The molecule has 0 aromatic heterocycles. The van der Waals surface area contributed by atoms with Crippen LogP contribution in [0.3, 0.4) is 0 Å². The van der Waals surface area contributed by atoms with Gasteiger partial charge in [-0.25, -0.2) is 0 Å². The minimum atomic E-state index is -4.93. The highest BCUT2D eigenvalue weighted by Crippen LogP contribution is 2.39. The monoisotopic (exact) mass is 596 g/mol. The molecule has 0 radical (unpaired) electrons. The van der Waals surface area contributed by atoms with Gasteiger partial charge in [-0.05, 0) is 57.3 Å². The number of benzene rings is 1. The number of halogens is 3. The van der Waals surface area contributed by atoms with E-state index < -0.39 is 49.0 Å². The lowest BCUT2D eigenvalue weighted by atomic mass is 9.92. The summed E-state index contributed by atoms with van der Waals surface area (Å²) >= 11 is 5.35. The van der Waals surface area contributed by atoms with Gasteiger partial charge in [-0.2, -0.15) is 5.10 Å². The van der Waals surface area contributed by atoms with E-state index >= 15 is 0 Å². The average Bonchev–Trinajstić information content (AvgIpc) is 3.56. The van der Waals surface area contributed by atoms with Crippen LogP contribution in [0.15, 0.2) is 59.4 Å². The standard InChI is InChI=1S/C27H31F3N4O6S/c1-14(22-24(39-22)38-16(3)37-15(2)35)34-20-10-9-18(40-27(28,29)30)12-19(20)21(23(34)36)32-33-25(41)31-17-8-6-7-11-26(4,5)13-17/h6-16,22,24,35H,1-5H3,(H2,31,33,41)/b32-21+. The fourth-order valence-corrected chi connectivity index (χ4v) is 4.64. The summed E-state index contributed by atoms with van der Waals surface area (Å²) in [6.07, 6.45) is 1.48. The van der Waals surface area contributed by atoms with Gasteiger partial charge in [-0.3, -0.25) is 10.2 Å². The summed E-state index contributed by atoms with van der Waals surface area (Å²) < 4.78 is 59.2. The number of amides is 1. The van der Waals surface area contributed by atoms with Gasteiger partial charge in [0.1, 0.15) is 11.9 Å². The number of carbonyl (C=O) groups excluding carboxylic acids is 1. The maximum Gasteiger partial charge on any atom is 0.573 e. The van der Waals surface area contributed by atoms with Crippen LogP contribution in [-0.4, -0.2) is 59.2 Å². The first kappa shape index (κ1) is 30.7. The Labute approximate surface area is 240 Å². The van der Waals surface area contributed by atoms with E-state index in [0.29, 0.717) is 11.4 Å². The number of epoxide rings is 1. The van der Waals surface area contributed by atoms with Crippen LogP contribution in [0.2, 0.25) is 0 Å². The molecule has 1 aromatic rings. The van der Waals surface area contributed by atoms with Crippen LogP contribution in [0.5, 0.6) is 5.75 Å². The number of hydrazone groups is 1. The zero-order chi connectivity index (χ0) is 30.1. The number of nitrogens with zero attached hydrogens (tertiary/aromatic N) is 2. The molecule has 3 N–H and O–H groups in total. The molecular formula is C27H31F3N4O6S. The van der Waals surface area contributed by atoms with Crippen molar-refractivity contribution < 1.29 is 42.0 Å². The molecule has 10 nitrogen and oxygen atoms in total. The molecule has 4 rings (SSSR count). The lowest BCUT2D eigenvalue weighted by Gasteiger charge is -2.24. The molecule has 1 amide bonds. The summed E-state index contributed by atoms with van der Waals surface area (Å²) in [6, 6.07) is 2.95. The van der Waals surface area contributed by atoms with Gasteiger partial charge < -0.3 is 34.3 Å². The average molecular weight is 597 g/mol. The first-order chi connectivity index (χ1) is 19.1. The van der Waals surface area contributed by atoms with Crippen LogP contribution in [0.1, 0.15) is 40.2 Å². The molecule has 1 fully saturated rings. The number of carbonyl (C=O) groups is 1. The smallest absolute Gasteiger partial charge is 0.406 e. The lowest BCUT2D eigenvalue weighted by molar-refractivity contribution is -0.274. The van der Waals surface area contributed by atoms with Crippen molar-refractivity contribution in [2.75, 3.05) is 4.90 Å². The van der Waals surface area contributed by atoms with Crippen molar-refractivity contribution >= 4 is 34.6 Å². The number of nitrogens with one attached hydrogen (secondary N) is 2. The second-order valence-electron chi connectivity index (χ2n) is 10.2. The second-order valence-corrected chi connectivity index (χ2v) is 10.6. The van der Waals surface area contributed by atoms with Gasteiger partial charge in [0.25, 0.3) is 5.91 Å². The van der Waals surface area contributed by atoms with E-state index in [1.807, 2.05) is 44.2 Å². The third-order valence-electron chi connectivity index (χ3n) is 6.18. The Hall–Kier alpha value is -3.30. The number of fused-ring (bicyclic) bond motifs is 1. The van der Waals surface area contributed by atoms with Gasteiger partial charge in [0.05, 0.1) is 11.7 Å². The van der Waals surface area contributed by atoms with E-state index in [4.69, 9.17) is 26.4 Å². The summed E-state index contributed by atoms with van der Waals surface area (Å²) in [4.78, 5) is 14.9. The Kier molecular flexibility index (Phi) is 8.90. The number of hydrogen-bond donors (Lipinski definition) is 3. The predicted molar refractivity (Wildman–Crippen MR) is 148 cm³/mol. The second kappa shape index (κ2) is 11.9. The van der Waals surface area contributed by atoms with E-state index in [0.717, 1.165) is 12.1 Å². The molecule has 14 heteroatoms. The van der Waals surface area contributed by atoms with Crippen LogP contribution in [0.4, 0.5) is 18.9 Å². The van der Waals surface area contributed by atoms with Gasteiger partial charge in [0.2, 0.25) is 0 Å². The maximum atomic E-state index is 13.6. The summed E-state index contributed by atoms with van der Waals surface area (Å²) in [5, 5.41) is 16.6. The molecule has 5 atom stereocenters. The first-order valence-corrected chi connectivity index (χ1v) is 13.2. The van der Waals surface area contributed by atoms with E-state index in [-0.39, 0.29) is 21.8 Å². The third-order valence-corrected chi connectivity index (χ3v) is 6.38. The number of ether oxygens (including phenoxy) is 4. The zero-order valence-corrected chi connectivity index (χ0v) is 23.7. The number of hydrogen-bond acceptors (Lipinski definition) is 8. The lowest BCUT2D eigenvalue weighted by Crippen LogP contribution is -2.42. The molecule has 5 unspecified atom stereocenters. The molecule has 222 valence electrons. The number of alkyl halides is 3. The number of rotatable bonds is 9. The Bertz CT molecular complexity index is 1310. The largest absolute Gasteiger partial charge is 0.573 e. The Morgan fingerprint density at radius 3 is 2.66 bits per heavy atom. The summed E-state index contributed by atoms with van der Waals surface area (Å²) in [5.41, 5.74) is 3.32. The van der Waals surface area contributed by atoms with Gasteiger partial charge in [-0.1, -0.05) is 38.2 Å². The van der Waals surface area contributed by atoms with Crippen LogP contribution < -0.4 is 20.4 Å². The van der Waals surface area contributed by atoms with Crippen LogP contribution >= 0.6 is 12.2 Å². The SMILES string of the molecule is CC(O)OC(C)OC1OC1C(C)N1C(=O)/C(=N/NC(=S)NC2=CC(C)(C)C=CC=C2)c2cc(OC(F)(F)F)ccc21. The van der Waals surface area contributed by atoms with Gasteiger partial charge in [0, 0.05) is 16.7 Å². The van der Waals surface area contributed by atoms with Crippen molar-refractivity contribution in [1.29, 1.82) is 0 Å². The minimum absolute atomic E-state index is 0.0701. The first-order valence-electron chi connectivity index (χ1n) is 12.7. The quantitative estimate of drug-likeness (QED) is 0.169. The molecule has 1 aliphatic carbocycles. The molecular weight excluding hydrogens is 565 g/mol. The van der Waals surface area contributed by atoms with Crippen molar-refractivity contribution in [2.24, 2.45) is 10.5 Å².